The van der Waals surface area contributed by atoms with Crippen LogP contribution in [0.5, 0.6) is 0 Å². The van der Waals surface area contributed by atoms with Gasteiger partial charge < -0.3 is 11.1 Å². The van der Waals surface area contributed by atoms with Gasteiger partial charge in [-0.1, -0.05) is 35.6 Å². The second kappa shape index (κ2) is 8.16. The van der Waals surface area contributed by atoms with E-state index in [1.807, 2.05) is 24.3 Å². The third-order valence-electron chi connectivity index (χ3n) is 3.91. The number of nitrogens with two attached hydrogens (primary N) is 1. The Balaban J connectivity index is 1.83. The molecule has 1 aromatic heterocycles. The normalized spacial score (nSPS) is 12.0. The molecule has 1 atom stereocenters. The minimum atomic E-state index is -0.296. The van der Waals surface area contributed by atoms with Crippen molar-refractivity contribution in [1.29, 1.82) is 0 Å². The molecule has 7 heteroatoms. The Hall–Kier alpha value is -2.64. The van der Waals surface area contributed by atoms with Crippen molar-refractivity contribution in [2.45, 2.75) is 25.9 Å². The predicted octanol–water partition coefficient (Wildman–Crippen LogP) is 3.22. The highest BCUT2D eigenvalue weighted by Crippen LogP contribution is 2.28. The SMILES string of the molecule is CC(=O)NC(Cc1ccc(CN)cc1)c1nnc(-c2ccc(F)cc2)s1. The van der Waals surface area contributed by atoms with E-state index in [1.54, 1.807) is 12.1 Å². The van der Waals surface area contributed by atoms with E-state index in [2.05, 4.69) is 15.5 Å². The third-order valence-corrected chi connectivity index (χ3v) is 4.99. The number of rotatable bonds is 6. The first-order valence-corrected chi connectivity index (χ1v) is 9.01. The highest BCUT2D eigenvalue weighted by atomic mass is 32.1. The zero-order chi connectivity index (χ0) is 18.5. The van der Waals surface area contributed by atoms with Gasteiger partial charge in [0.05, 0.1) is 6.04 Å². The van der Waals surface area contributed by atoms with Gasteiger partial charge in [0.25, 0.3) is 0 Å². The Kier molecular flexibility index (Phi) is 5.70. The fraction of sp³-hybridized carbons (Fsp3) is 0.211. The van der Waals surface area contributed by atoms with E-state index in [0.29, 0.717) is 23.0 Å². The van der Waals surface area contributed by atoms with Gasteiger partial charge in [0, 0.05) is 19.0 Å². The summed E-state index contributed by atoms with van der Waals surface area (Å²) in [5, 5.41) is 12.8. The number of aromatic nitrogens is 2. The summed E-state index contributed by atoms with van der Waals surface area (Å²) in [5.74, 6) is -0.428. The predicted molar refractivity (Wildman–Crippen MR) is 99.9 cm³/mol. The molecule has 0 aliphatic carbocycles. The molecule has 3 N–H and O–H groups in total. The van der Waals surface area contributed by atoms with Crippen LogP contribution in [-0.4, -0.2) is 16.1 Å². The smallest absolute Gasteiger partial charge is 0.217 e. The number of nitrogens with zero attached hydrogens (tertiary/aromatic N) is 2. The van der Waals surface area contributed by atoms with Gasteiger partial charge in [-0.25, -0.2) is 4.39 Å². The molecule has 1 unspecified atom stereocenters. The summed E-state index contributed by atoms with van der Waals surface area (Å²) in [6.07, 6.45) is 0.600. The first kappa shape index (κ1) is 18.2. The topological polar surface area (TPSA) is 80.9 Å². The first-order chi connectivity index (χ1) is 12.5. The molecule has 0 radical (unpaired) electrons. The largest absolute Gasteiger partial charge is 0.347 e. The Morgan fingerprint density at radius 1 is 1.12 bits per heavy atom. The summed E-state index contributed by atoms with van der Waals surface area (Å²) >= 11 is 1.39. The molecule has 0 fully saturated rings. The maximum absolute atomic E-state index is 13.1. The molecule has 2 aromatic carbocycles. The summed E-state index contributed by atoms with van der Waals surface area (Å²) in [6.45, 7) is 1.97. The molecule has 1 amide bonds. The van der Waals surface area contributed by atoms with E-state index in [9.17, 15) is 9.18 Å². The Labute approximate surface area is 155 Å². The molecule has 3 rings (SSSR count). The minimum Gasteiger partial charge on any atom is -0.347 e. The average Bonchev–Trinajstić information content (AvgIpc) is 3.12. The van der Waals surface area contributed by atoms with Gasteiger partial charge in [0.1, 0.15) is 15.8 Å². The quantitative estimate of drug-likeness (QED) is 0.698. The lowest BCUT2D eigenvalue weighted by Crippen LogP contribution is -2.27. The lowest BCUT2D eigenvalue weighted by atomic mass is 10.0. The number of nitrogens with one attached hydrogen (secondary N) is 1. The van der Waals surface area contributed by atoms with Gasteiger partial charge in [-0.2, -0.15) is 0 Å². The van der Waals surface area contributed by atoms with Crippen molar-refractivity contribution in [3.8, 4) is 10.6 Å². The van der Waals surface area contributed by atoms with Crippen LogP contribution in [0.3, 0.4) is 0 Å². The van der Waals surface area contributed by atoms with E-state index in [-0.39, 0.29) is 17.8 Å². The Bertz CT molecular complexity index is 877. The molecule has 0 saturated heterocycles. The summed E-state index contributed by atoms with van der Waals surface area (Å²) in [5.41, 5.74) is 8.55. The summed E-state index contributed by atoms with van der Waals surface area (Å²) < 4.78 is 13.1. The maximum atomic E-state index is 13.1. The second-order valence-electron chi connectivity index (χ2n) is 5.93. The number of benzene rings is 2. The number of carbonyl (C=O) groups excluding carboxylic acids is 1. The van der Waals surface area contributed by atoms with Crippen LogP contribution >= 0.6 is 11.3 Å². The molecule has 0 bridgehead atoms. The first-order valence-electron chi connectivity index (χ1n) is 8.19. The van der Waals surface area contributed by atoms with Crippen molar-refractivity contribution in [2.24, 2.45) is 5.73 Å². The van der Waals surface area contributed by atoms with Gasteiger partial charge in [0.2, 0.25) is 5.91 Å². The van der Waals surface area contributed by atoms with E-state index in [4.69, 9.17) is 5.73 Å². The molecule has 1 heterocycles. The zero-order valence-corrected chi connectivity index (χ0v) is 15.1. The van der Waals surface area contributed by atoms with Crippen LogP contribution in [0.15, 0.2) is 48.5 Å². The van der Waals surface area contributed by atoms with Crippen LogP contribution in [0.1, 0.15) is 29.1 Å². The van der Waals surface area contributed by atoms with E-state index in [1.165, 1.54) is 30.4 Å². The highest BCUT2D eigenvalue weighted by Gasteiger charge is 2.19. The molecule has 0 aliphatic rings. The Morgan fingerprint density at radius 3 is 2.38 bits per heavy atom. The van der Waals surface area contributed by atoms with Crippen molar-refractivity contribution < 1.29 is 9.18 Å². The maximum Gasteiger partial charge on any atom is 0.217 e. The molecule has 0 saturated carbocycles. The number of halogens is 1. The second-order valence-corrected chi connectivity index (χ2v) is 6.94. The molecular formula is C19H19FN4OS. The molecule has 3 aromatic rings. The number of amides is 1. The van der Waals surface area contributed by atoms with Crippen molar-refractivity contribution in [2.75, 3.05) is 0 Å². The van der Waals surface area contributed by atoms with Crippen molar-refractivity contribution in [3.63, 3.8) is 0 Å². The molecular weight excluding hydrogens is 351 g/mol. The van der Waals surface area contributed by atoms with Crippen LogP contribution in [0.4, 0.5) is 4.39 Å². The van der Waals surface area contributed by atoms with Crippen LogP contribution < -0.4 is 11.1 Å². The lowest BCUT2D eigenvalue weighted by Gasteiger charge is -2.15. The lowest BCUT2D eigenvalue weighted by molar-refractivity contribution is -0.119. The van der Waals surface area contributed by atoms with Crippen molar-refractivity contribution in [3.05, 3.63) is 70.5 Å². The van der Waals surface area contributed by atoms with E-state index >= 15 is 0 Å². The van der Waals surface area contributed by atoms with Gasteiger partial charge in [-0.05, 0) is 41.8 Å². The van der Waals surface area contributed by atoms with Crippen molar-refractivity contribution in [1.82, 2.24) is 15.5 Å². The van der Waals surface area contributed by atoms with Gasteiger partial charge >= 0.3 is 0 Å². The molecule has 26 heavy (non-hydrogen) atoms. The third kappa shape index (κ3) is 4.50. The van der Waals surface area contributed by atoms with E-state index < -0.39 is 0 Å². The summed E-state index contributed by atoms with van der Waals surface area (Å²) in [7, 11) is 0. The highest BCUT2D eigenvalue weighted by molar-refractivity contribution is 7.14. The van der Waals surface area contributed by atoms with E-state index in [0.717, 1.165) is 16.7 Å². The van der Waals surface area contributed by atoms with Crippen molar-refractivity contribution >= 4 is 17.2 Å². The minimum absolute atomic E-state index is 0.132. The molecule has 0 spiro atoms. The fourth-order valence-corrected chi connectivity index (χ4v) is 3.48. The molecule has 134 valence electrons. The van der Waals surface area contributed by atoms with Crippen LogP contribution in [0, 0.1) is 5.82 Å². The standard InChI is InChI=1S/C19H19FN4OS/c1-12(25)22-17(10-13-2-4-14(11-21)5-3-13)19-24-23-18(26-19)15-6-8-16(20)9-7-15/h2-9,17H,10-11,21H2,1H3,(H,22,25). The number of hydrogen-bond donors (Lipinski definition) is 2. The number of carbonyl (C=O) groups is 1. The van der Waals surface area contributed by atoms with Crippen LogP contribution in [-0.2, 0) is 17.8 Å². The zero-order valence-electron chi connectivity index (χ0n) is 14.3. The number of hydrogen-bond acceptors (Lipinski definition) is 5. The van der Waals surface area contributed by atoms with Crippen LogP contribution in [0.2, 0.25) is 0 Å². The molecule has 0 aliphatic heterocycles. The summed E-state index contributed by atoms with van der Waals surface area (Å²) in [6, 6.07) is 13.8. The monoisotopic (exact) mass is 370 g/mol. The Morgan fingerprint density at radius 2 is 1.77 bits per heavy atom. The summed E-state index contributed by atoms with van der Waals surface area (Å²) in [4.78, 5) is 11.6. The average molecular weight is 370 g/mol. The van der Waals surface area contributed by atoms with Gasteiger partial charge in [-0.3, -0.25) is 4.79 Å². The van der Waals surface area contributed by atoms with Crippen LogP contribution in [0.25, 0.3) is 10.6 Å². The van der Waals surface area contributed by atoms with Gasteiger partial charge in [-0.15, -0.1) is 10.2 Å². The fourth-order valence-electron chi connectivity index (χ4n) is 2.58. The molecule has 5 nitrogen and oxygen atoms in total. The van der Waals surface area contributed by atoms with Gasteiger partial charge in [0.15, 0.2) is 0 Å².